The van der Waals surface area contributed by atoms with E-state index in [4.69, 9.17) is 4.98 Å². The largest absolute Gasteiger partial charge is 0.272 e. The predicted molar refractivity (Wildman–Crippen MR) is 161 cm³/mol. The molecular formula is C29H29BrN4O2S2. The fraction of sp³-hybridized carbons (Fsp3) is 0.310. The minimum absolute atomic E-state index is 0.0728. The van der Waals surface area contributed by atoms with Gasteiger partial charge in [0.1, 0.15) is 4.83 Å². The monoisotopic (exact) mass is 608 g/mol. The number of thiophene rings is 1. The molecule has 196 valence electrons. The topological polar surface area (TPSA) is 76.3 Å². The molecule has 0 atom stereocenters. The zero-order valence-electron chi connectivity index (χ0n) is 21.6. The van der Waals surface area contributed by atoms with Gasteiger partial charge in [-0.1, -0.05) is 72.7 Å². The summed E-state index contributed by atoms with van der Waals surface area (Å²) in [5.74, 6) is -0.181. The van der Waals surface area contributed by atoms with Gasteiger partial charge in [0.15, 0.2) is 5.16 Å². The summed E-state index contributed by atoms with van der Waals surface area (Å²) in [4.78, 5) is 33.3. The number of rotatable bonds is 6. The second kappa shape index (κ2) is 11.2. The number of hydrazone groups is 1. The molecule has 2 aromatic heterocycles. The van der Waals surface area contributed by atoms with Crippen LogP contribution < -0.4 is 11.0 Å². The number of halogens is 1. The van der Waals surface area contributed by atoms with Crippen molar-refractivity contribution in [3.63, 3.8) is 0 Å². The van der Waals surface area contributed by atoms with Crippen molar-refractivity contribution in [2.24, 2.45) is 5.10 Å². The zero-order chi connectivity index (χ0) is 26.9. The molecule has 6 nitrogen and oxygen atoms in total. The van der Waals surface area contributed by atoms with Crippen molar-refractivity contribution in [3.8, 4) is 5.69 Å². The number of carbonyl (C=O) groups excluding carboxylic acids is 1. The van der Waals surface area contributed by atoms with Gasteiger partial charge in [-0.25, -0.2) is 10.4 Å². The molecule has 0 aliphatic heterocycles. The van der Waals surface area contributed by atoms with Crippen molar-refractivity contribution >= 4 is 61.4 Å². The third kappa shape index (κ3) is 5.80. The van der Waals surface area contributed by atoms with Crippen LogP contribution >= 0.6 is 39.0 Å². The molecule has 0 unspecified atom stereocenters. The van der Waals surface area contributed by atoms with E-state index >= 15 is 0 Å². The van der Waals surface area contributed by atoms with Crippen LogP contribution in [0.25, 0.3) is 15.9 Å². The van der Waals surface area contributed by atoms with Gasteiger partial charge >= 0.3 is 0 Å². The highest BCUT2D eigenvalue weighted by molar-refractivity contribution is 9.10. The summed E-state index contributed by atoms with van der Waals surface area (Å²) < 4.78 is 2.56. The van der Waals surface area contributed by atoms with Crippen molar-refractivity contribution in [2.45, 2.75) is 57.0 Å². The van der Waals surface area contributed by atoms with Crippen LogP contribution in [0.5, 0.6) is 0 Å². The Morgan fingerprint density at radius 3 is 2.55 bits per heavy atom. The number of thioether (sulfide) groups is 1. The Morgan fingerprint density at radius 1 is 1.13 bits per heavy atom. The van der Waals surface area contributed by atoms with Crippen LogP contribution in [-0.4, -0.2) is 27.4 Å². The average molecular weight is 610 g/mol. The highest BCUT2D eigenvalue weighted by Crippen LogP contribution is 2.35. The van der Waals surface area contributed by atoms with Gasteiger partial charge < -0.3 is 0 Å². The summed E-state index contributed by atoms with van der Waals surface area (Å²) >= 11 is 6.32. The lowest BCUT2D eigenvalue weighted by atomic mass is 9.87. The number of amides is 1. The molecule has 5 rings (SSSR count). The number of aryl methyl sites for hydroxylation is 2. The summed E-state index contributed by atoms with van der Waals surface area (Å²) in [6, 6.07) is 15.7. The van der Waals surface area contributed by atoms with Crippen LogP contribution in [0.15, 0.2) is 68.1 Å². The van der Waals surface area contributed by atoms with Gasteiger partial charge in [0.25, 0.3) is 11.5 Å². The van der Waals surface area contributed by atoms with Crippen LogP contribution in [0.3, 0.4) is 0 Å². The lowest BCUT2D eigenvalue weighted by Crippen LogP contribution is -2.24. The molecule has 1 N–H and O–H groups in total. The zero-order valence-corrected chi connectivity index (χ0v) is 24.8. The molecule has 38 heavy (non-hydrogen) atoms. The van der Waals surface area contributed by atoms with E-state index in [1.165, 1.54) is 22.2 Å². The summed E-state index contributed by atoms with van der Waals surface area (Å²) in [5.41, 5.74) is 6.63. The number of nitrogens with zero attached hydrogens (tertiary/aromatic N) is 3. The van der Waals surface area contributed by atoms with Gasteiger partial charge in [-0.15, -0.1) is 11.3 Å². The number of benzene rings is 2. The SMILES string of the molecule is CC(C)(C)c1ccc(C=NNC(=O)CSc2nc3sc4c(c3c(=O)n2-c2ccc(Br)cc2)CCCC4)cc1. The third-order valence-corrected chi connectivity index (χ3v) is 9.21. The minimum Gasteiger partial charge on any atom is -0.272 e. The average Bonchev–Trinajstić information content (AvgIpc) is 3.27. The summed E-state index contributed by atoms with van der Waals surface area (Å²) in [6.07, 6.45) is 5.78. The lowest BCUT2D eigenvalue weighted by molar-refractivity contribution is -0.118. The van der Waals surface area contributed by atoms with Gasteiger partial charge in [0, 0.05) is 9.35 Å². The molecule has 0 saturated heterocycles. The van der Waals surface area contributed by atoms with Crippen molar-refractivity contribution in [2.75, 3.05) is 5.75 Å². The molecule has 2 aromatic carbocycles. The first kappa shape index (κ1) is 26.8. The number of hydrogen-bond donors (Lipinski definition) is 1. The lowest BCUT2D eigenvalue weighted by Gasteiger charge is -2.18. The Labute approximate surface area is 238 Å². The van der Waals surface area contributed by atoms with Crippen LogP contribution in [0, 0.1) is 0 Å². The molecular weight excluding hydrogens is 580 g/mol. The maximum absolute atomic E-state index is 13.8. The summed E-state index contributed by atoms with van der Waals surface area (Å²) in [7, 11) is 0. The van der Waals surface area contributed by atoms with E-state index in [-0.39, 0.29) is 22.6 Å². The molecule has 1 aliphatic rings. The number of fused-ring (bicyclic) bond motifs is 3. The van der Waals surface area contributed by atoms with E-state index in [9.17, 15) is 9.59 Å². The first-order valence-corrected chi connectivity index (χ1v) is 15.2. The molecule has 0 fully saturated rings. The summed E-state index contributed by atoms with van der Waals surface area (Å²) in [6.45, 7) is 6.51. The number of hydrogen-bond acceptors (Lipinski definition) is 6. The smallest absolute Gasteiger partial charge is 0.267 e. The van der Waals surface area contributed by atoms with Gasteiger partial charge in [0.05, 0.1) is 23.0 Å². The maximum atomic E-state index is 13.8. The van der Waals surface area contributed by atoms with Crippen LogP contribution in [0.1, 0.15) is 55.2 Å². The number of aromatic nitrogens is 2. The predicted octanol–water partition coefficient (Wildman–Crippen LogP) is 6.63. The summed E-state index contributed by atoms with van der Waals surface area (Å²) in [5, 5.41) is 5.34. The Morgan fingerprint density at radius 2 is 1.84 bits per heavy atom. The highest BCUT2D eigenvalue weighted by Gasteiger charge is 2.23. The van der Waals surface area contributed by atoms with E-state index in [0.29, 0.717) is 5.16 Å². The quantitative estimate of drug-likeness (QED) is 0.115. The van der Waals surface area contributed by atoms with Gasteiger partial charge in [-0.2, -0.15) is 5.10 Å². The van der Waals surface area contributed by atoms with Gasteiger partial charge in [0.2, 0.25) is 0 Å². The molecule has 0 saturated carbocycles. The molecule has 0 radical (unpaired) electrons. The number of carbonyl (C=O) groups is 1. The molecule has 0 bridgehead atoms. The Bertz CT molecular complexity index is 1570. The number of nitrogens with one attached hydrogen (secondary N) is 1. The Balaban J connectivity index is 1.36. The molecule has 0 spiro atoms. The van der Waals surface area contributed by atoms with E-state index < -0.39 is 0 Å². The minimum atomic E-state index is -0.264. The molecule has 4 aromatic rings. The molecule has 1 aliphatic carbocycles. The molecule has 2 heterocycles. The van der Waals surface area contributed by atoms with E-state index in [1.807, 2.05) is 36.4 Å². The van der Waals surface area contributed by atoms with E-state index in [0.717, 1.165) is 57.2 Å². The Kier molecular flexibility index (Phi) is 7.88. The van der Waals surface area contributed by atoms with Crippen LogP contribution in [0.4, 0.5) is 0 Å². The second-order valence-corrected chi connectivity index (χ2v) is 13.3. The van der Waals surface area contributed by atoms with Crippen molar-refractivity contribution in [1.29, 1.82) is 0 Å². The van der Waals surface area contributed by atoms with Gasteiger partial charge in [-0.05, 0) is 72.1 Å². The van der Waals surface area contributed by atoms with E-state index in [2.05, 4.69) is 59.4 Å². The fourth-order valence-electron chi connectivity index (χ4n) is 4.51. The first-order valence-electron chi connectivity index (χ1n) is 12.6. The van der Waals surface area contributed by atoms with Crippen molar-refractivity contribution in [1.82, 2.24) is 15.0 Å². The standard InChI is InChI=1S/C29H29BrN4O2S2/c1-29(2,3)19-10-8-18(9-11-19)16-31-33-24(35)17-37-28-32-26-25(22-6-4-5-7-23(22)38-26)27(36)34(28)21-14-12-20(30)13-15-21/h8-16H,4-7,17H2,1-3H3,(H,33,35). The van der Waals surface area contributed by atoms with Crippen LogP contribution in [0.2, 0.25) is 0 Å². The second-order valence-electron chi connectivity index (χ2n) is 10.4. The maximum Gasteiger partial charge on any atom is 0.267 e. The van der Waals surface area contributed by atoms with Crippen molar-refractivity contribution in [3.05, 3.63) is 84.9 Å². The highest BCUT2D eigenvalue weighted by atomic mass is 79.9. The van der Waals surface area contributed by atoms with Gasteiger partial charge in [-0.3, -0.25) is 14.2 Å². The molecule has 9 heteroatoms. The van der Waals surface area contributed by atoms with E-state index in [1.54, 1.807) is 22.1 Å². The first-order chi connectivity index (χ1) is 18.2. The fourth-order valence-corrected chi connectivity index (χ4v) is 6.88. The van der Waals surface area contributed by atoms with Crippen LogP contribution in [-0.2, 0) is 23.1 Å². The molecule has 1 amide bonds. The Hall–Kier alpha value is -2.75. The normalized spacial score (nSPS) is 13.7. The van der Waals surface area contributed by atoms with Crippen molar-refractivity contribution < 1.29 is 4.79 Å². The third-order valence-electron chi connectivity index (χ3n) is 6.55.